The Morgan fingerprint density at radius 2 is 1.47 bits per heavy atom. The molecule has 7 nitrogen and oxygen atoms in total. The number of hydrogen-bond donors (Lipinski definition) is 4. The zero-order chi connectivity index (χ0) is 25.0. The Labute approximate surface area is 199 Å². The molecule has 34 heavy (non-hydrogen) atoms. The van der Waals surface area contributed by atoms with Crippen LogP contribution in [0.4, 0.5) is 16.2 Å². The van der Waals surface area contributed by atoms with Crippen molar-refractivity contribution in [3.05, 3.63) is 70.8 Å². The lowest BCUT2D eigenvalue weighted by Crippen LogP contribution is -2.42. The van der Waals surface area contributed by atoms with Crippen LogP contribution in [0.15, 0.2) is 48.5 Å². The molecule has 7 heteroatoms. The number of urea groups is 1. The Hall–Kier alpha value is -3.87. The van der Waals surface area contributed by atoms with Gasteiger partial charge in [0.2, 0.25) is 0 Å². The van der Waals surface area contributed by atoms with E-state index in [1.54, 1.807) is 12.1 Å². The number of fused-ring (bicyclic) bond motifs is 1. The monoisotopic (exact) mass is 461 g/mol. The van der Waals surface area contributed by atoms with Gasteiger partial charge in [-0.2, -0.15) is 0 Å². The highest BCUT2D eigenvalue weighted by atomic mass is 16.4. The molecule has 3 aromatic carbocycles. The van der Waals surface area contributed by atoms with E-state index in [1.165, 1.54) is 0 Å². The highest BCUT2D eigenvalue weighted by Crippen LogP contribution is 2.26. The number of amides is 3. The fraction of sp³-hybridized carbons (Fsp3) is 0.296. The van der Waals surface area contributed by atoms with Crippen molar-refractivity contribution in [3.8, 4) is 0 Å². The molecule has 0 heterocycles. The molecule has 3 amide bonds. The summed E-state index contributed by atoms with van der Waals surface area (Å²) in [6, 6.07) is 13.3. The van der Waals surface area contributed by atoms with Gasteiger partial charge in [-0.3, -0.25) is 4.79 Å². The third kappa shape index (κ3) is 5.92. The number of carboxylic acids is 1. The second kappa shape index (κ2) is 10.4. The molecule has 1 atom stereocenters. The van der Waals surface area contributed by atoms with Crippen molar-refractivity contribution in [2.75, 3.05) is 10.6 Å². The van der Waals surface area contributed by atoms with Crippen LogP contribution in [0.5, 0.6) is 0 Å². The second-order valence-electron chi connectivity index (χ2n) is 9.09. The molecule has 0 aromatic heterocycles. The van der Waals surface area contributed by atoms with E-state index in [0.717, 1.165) is 27.5 Å². The summed E-state index contributed by atoms with van der Waals surface area (Å²) in [7, 11) is 0. The SMILES string of the molecule is Cc1cc(C)c(NC(=O)Nc2cc3ccccc3cc2C(=O)N[C@@H](CC(C)C)C(=O)O)c(C)c1. The van der Waals surface area contributed by atoms with Crippen molar-refractivity contribution in [1.29, 1.82) is 0 Å². The van der Waals surface area contributed by atoms with Crippen LogP contribution in [-0.4, -0.2) is 29.1 Å². The second-order valence-corrected chi connectivity index (χ2v) is 9.09. The molecule has 3 rings (SSSR count). The Kier molecular flexibility index (Phi) is 7.56. The quantitative estimate of drug-likeness (QED) is 0.365. The molecule has 0 bridgehead atoms. The van der Waals surface area contributed by atoms with Crippen LogP contribution < -0.4 is 16.0 Å². The Morgan fingerprint density at radius 1 is 0.882 bits per heavy atom. The summed E-state index contributed by atoms with van der Waals surface area (Å²) in [5, 5.41) is 19.5. The van der Waals surface area contributed by atoms with E-state index in [-0.39, 0.29) is 11.5 Å². The number of nitrogens with one attached hydrogen (secondary N) is 3. The number of carbonyl (C=O) groups is 3. The normalized spacial score (nSPS) is 11.8. The van der Waals surface area contributed by atoms with E-state index < -0.39 is 23.9 Å². The topological polar surface area (TPSA) is 108 Å². The molecule has 0 aliphatic carbocycles. The van der Waals surface area contributed by atoms with E-state index in [4.69, 9.17) is 0 Å². The first kappa shape index (κ1) is 24.8. The van der Waals surface area contributed by atoms with Crippen LogP contribution in [0, 0.1) is 26.7 Å². The molecule has 0 spiro atoms. The van der Waals surface area contributed by atoms with Gasteiger partial charge in [-0.15, -0.1) is 0 Å². The molecule has 0 radical (unpaired) electrons. The Bertz CT molecular complexity index is 1230. The van der Waals surface area contributed by atoms with Gasteiger partial charge >= 0.3 is 12.0 Å². The first-order valence-electron chi connectivity index (χ1n) is 11.3. The summed E-state index contributed by atoms with van der Waals surface area (Å²) in [4.78, 5) is 37.7. The van der Waals surface area contributed by atoms with Gasteiger partial charge < -0.3 is 21.1 Å². The predicted molar refractivity (Wildman–Crippen MR) is 136 cm³/mol. The average Bonchev–Trinajstić information content (AvgIpc) is 2.74. The number of benzene rings is 3. The molecule has 0 aliphatic heterocycles. The van der Waals surface area contributed by atoms with Crippen LogP contribution >= 0.6 is 0 Å². The van der Waals surface area contributed by atoms with E-state index >= 15 is 0 Å². The van der Waals surface area contributed by atoms with Crippen molar-refractivity contribution < 1.29 is 19.5 Å². The number of anilines is 2. The Morgan fingerprint density at radius 3 is 2.03 bits per heavy atom. The van der Waals surface area contributed by atoms with Crippen molar-refractivity contribution in [1.82, 2.24) is 5.32 Å². The maximum Gasteiger partial charge on any atom is 0.326 e. The molecular weight excluding hydrogens is 430 g/mol. The fourth-order valence-corrected chi connectivity index (χ4v) is 4.10. The maximum absolute atomic E-state index is 13.1. The number of aliphatic carboxylic acids is 1. The lowest BCUT2D eigenvalue weighted by atomic mass is 10.0. The molecule has 3 aromatic rings. The van der Waals surface area contributed by atoms with Crippen molar-refractivity contribution in [3.63, 3.8) is 0 Å². The van der Waals surface area contributed by atoms with Gasteiger partial charge in [-0.1, -0.05) is 55.8 Å². The molecule has 0 fully saturated rings. The minimum Gasteiger partial charge on any atom is -0.480 e. The van der Waals surface area contributed by atoms with E-state index in [2.05, 4.69) is 16.0 Å². The van der Waals surface area contributed by atoms with Crippen molar-refractivity contribution >= 4 is 40.1 Å². The van der Waals surface area contributed by atoms with Gasteiger partial charge in [0.1, 0.15) is 6.04 Å². The van der Waals surface area contributed by atoms with Gasteiger partial charge in [-0.25, -0.2) is 9.59 Å². The fourth-order valence-electron chi connectivity index (χ4n) is 4.10. The molecular formula is C27H31N3O4. The summed E-state index contributed by atoms with van der Waals surface area (Å²) < 4.78 is 0. The number of carbonyl (C=O) groups excluding carboxylic acids is 2. The third-order valence-electron chi connectivity index (χ3n) is 5.60. The first-order valence-corrected chi connectivity index (χ1v) is 11.3. The third-order valence-corrected chi connectivity index (χ3v) is 5.60. The zero-order valence-corrected chi connectivity index (χ0v) is 20.2. The average molecular weight is 462 g/mol. The van der Waals surface area contributed by atoms with Gasteiger partial charge in [0.25, 0.3) is 5.91 Å². The standard InChI is InChI=1S/C27H31N3O4/c1-15(2)10-23(26(32)33)28-25(31)21-13-19-8-6-7-9-20(19)14-22(21)29-27(34)30-24-17(4)11-16(3)12-18(24)5/h6-9,11-15,23H,10H2,1-5H3,(H,28,31)(H,32,33)(H2,29,30,34)/t23-/m0/s1. The zero-order valence-electron chi connectivity index (χ0n) is 20.2. The molecule has 0 unspecified atom stereocenters. The van der Waals surface area contributed by atoms with E-state index in [1.807, 2.05) is 71.0 Å². The van der Waals surface area contributed by atoms with Gasteiger partial charge in [0, 0.05) is 5.69 Å². The highest BCUT2D eigenvalue weighted by Gasteiger charge is 2.24. The highest BCUT2D eigenvalue weighted by molar-refractivity contribution is 6.10. The van der Waals surface area contributed by atoms with Crippen LogP contribution in [-0.2, 0) is 4.79 Å². The number of carboxylic acid groups (broad SMARTS) is 1. The van der Waals surface area contributed by atoms with Crippen molar-refractivity contribution in [2.45, 2.75) is 47.1 Å². The molecule has 0 aliphatic rings. The Balaban J connectivity index is 1.93. The summed E-state index contributed by atoms with van der Waals surface area (Å²) >= 11 is 0. The summed E-state index contributed by atoms with van der Waals surface area (Å²) in [5.41, 5.74) is 4.16. The smallest absolute Gasteiger partial charge is 0.326 e. The predicted octanol–water partition coefficient (Wildman–Crippen LogP) is 5.64. The van der Waals surface area contributed by atoms with E-state index in [0.29, 0.717) is 17.8 Å². The summed E-state index contributed by atoms with van der Waals surface area (Å²) in [6.07, 6.45) is 0.296. The van der Waals surface area contributed by atoms with Crippen molar-refractivity contribution in [2.24, 2.45) is 5.92 Å². The first-order chi connectivity index (χ1) is 16.0. The van der Waals surface area contributed by atoms with Crippen LogP contribution in [0.3, 0.4) is 0 Å². The molecule has 0 saturated carbocycles. The molecule has 4 N–H and O–H groups in total. The lowest BCUT2D eigenvalue weighted by molar-refractivity contribution is -0.139. The summed E-state index contributed by atoms with van der Waals surface area (Å²) in [5.74, 6) is -1.57. The van der Waals surface area contributed by atoms with Gasteiger partial charge in [-0.05, 0) is 67.1 Å². The number of aryl methyl sites for hydroxylation is 3. The lowest BCUT2D eigenvalue weighted by Gasteiger charge is -2.19. The molecule has 178 valence electrons. The minimum absolute atomic E-state index is 0.0855. The van der Waals surface area contributed by atoms with Gasteiger partial charge in [0.15, 0.2) is 0 Å². The van der Waals surface area contributed by atoms with Crippen LogP contribution in [0.1, 0.15) is 47.3 Å². The van der Waals surface area contributed by atoms with Crippen LogP contribution in [0.2, 0.25) is 0 Å². The minimum atomic E-state index is -1.10. The number of rotatable bonds is 7. The van der Waals surface area contributed by atoms with E-state index in [9.17, 15) is 19.5 Å². The number of hydrogen-bond acceptors (Lipinski definition) is 3. The van der Waals surface area contributed by atoms with Gasteiger partial charge in [0.05, 0.1) is 11.3 Å². The molecule has 0 saturated heterocycles. The largest absolute Gasteiger partial charge is 0.480 e. The summed E-state index contributed by atoms with van der Waals surface area (Å²) in [6.45, 7) is 9.62. The maximum atomic E-state index is 13.1. The van der Waals surface area contributed by atoms with Crippen LogP contribution in [0.25, 0.3) is 10.8 Å².